The number of carbonyl (C=O) groups is 3. The van der Waals surface area contributed by atoms with Gasteiger partial charge in [0, 0.05) is 12.6 Å². The number of carboxylic acid groups (broad SMARTS) is 2. The molecule has 0 spiro atoms. The molecule has 1 rings (SSSR count). The first-order valence-corrected chi connectivity index (χ1v) is 6.08. The van der Waals surface area contributed by atoms with Crippen molar-refractivity contribution in [1.29, 1.82) is 0 Å². The predicted molar refractivity (Wildman–Crippen MR) is 63.6 cm³/mol. The van der Waals surface area contributed by atoms with E-state index in [1.165, 1.54) is 4.90 Å². The molecule has 1 aliphatic rings. The second-order valence-corrected chi connectivity index (χ2v) is 4.44. The Kier molecular flexibility index (Phi) is 5.56. The number of carboxylic acids is 2. The molecule has 0 saturated heterocycles. The van der Waals surface area contributed by atoms with Crippen LogP contribution >= 0.6 is 0 Å². The second-order valence-electron chi connectivity index (χ2n) is 4.44. The Labute approximate surface area is 110 Å². The molecule has 0 aromatic rings. The van der Waals surface area contributed by atoms with Crippen LogP contribution in [0, 0.1) is 0 Å². The van der Waals surface area contributed by atoms with Crippen molar-refractivity contribution in [2.24, 2.45) is 0 Å². The van der Waals surface area contributed by atoms with Crippen LogP contribution in [0.25, 0.3) is 0 Å². The molecule has 108 valence electrons. The van der Waals surface area contributed by atoms with Gasteiger partial charge in [0.15, 0.2) is 0 Å². The molecule has 0 aliphatic heterocycles. The summed E-state index contributed by atoms with van der Waals surface area (Å²) in [5, 5.41) is 28.5. The molecule has 0 aromatic carbocycles. The van der Waals surface area contributed by atoms with Crippen molar-refractivity contribution in [2.75, 3.05) is 13.2 Å². The summed E-state index contributed by atoms with van der Waals surface area (Å²) in [6.07, 6.45) is 1.92. The average molecular weight is 274 g/mol. The molecule has 1 atom stereocenters. The summed E-state index contributed by atoms with van der Waals surface area (Å²) in [5.41, 5.74) is 0. The lowest BCUT2D eigenvalue weighted by atomic mass is 9.91. The number of aliphatic hydroxyl groups excluding tert-OH is 1. The topological polar surface area (TPSA) is 127 Å². The van der Waals surface area contributed by atoms with Crippen molar-refractivity contribution in [3.63, 3.8) is 0 Å². The molecule has 4 N–H and O–H groups in total. The number of nitrogens with zero attached hydrogens (tertiary/aromatic N) is 1. The summed E-state index contributed by atoms with van der Waals surface area (Å²) in [6, 6.07) is -2.12. The van der Waals surface area contributed by atoms with E-state index in [9.17, 15) is 14.4 Å². The van der Waals surface area contributed by atoms with Crippen molar-refractivity contribution in [2.45, 2.75) is 37.8 Å². The van der Waals surface area contributed by atoms with E-state index < -0.39 is 30.4 Å². The number of hydrogen-bond donors (Lipinski definition) is 4. The van der Waals surface area contributed by atoms with E-state index in [4.69, 9.17) is 15.3 Å². The maximum Gasteiger partial charge on any atom is 0.326 e. The van der Waals surface area contributed by atoms with Crippen LogP contribution in [-0.2, 0) is 9.59 Å². The van der Waals surface area contributed by atoms with Gasteiger partial charge >= 0.3 is 18.0 Å². The zero-order valence-electron chi connectivity index (χ0n) is 10.4. The molecule has 0 heterocycles. The molecule has 8 nitrogen and oxygen atoms in total. The van der Waals surface area contributed by atoms with Crippen molar-refractivity contribution >= 4 is 18.0 Å². The molecule has 0 radical (unpaired) electrons. The molecule has 2 amide bonds. The van der Waals surface area contributed by atoms with E-state index in [2.05, 4.69) is 5.32 Å². The van der Waals surface area contributed by atoms with E-state index in [-0.39, 0.29) is 19.2 Å². The van der Waals surface area contributed by atoms with Crippen LogP contribution in [0.1, 0.15) is 25.7 Å². The SMILES string of the molecule is O=C(O)C[C@H](NC(=O)N(CCO)C1CCC1)C(=O)O. The third-order valence-corrected chi connectivity index (χ3v) is 3.09. The zero-order valence-corrected chi connectivity index (χ0v) is 10.4. The minimum atomic E-state index is -1.47. The Morgan fingerprint density at radius 2 is 1.89 bits per heavy atom. The highest BCUT2D eigenvalue weighted by atomic mass is 16.4. The van der Waals surface area contributed by atoms with Crippen LogP contribution in [0.3, 0.4) is 0 Å². The highest BCUT2D eigenvalue weighted by Crippen LogP contribution is 2.24. The maximum atomic E-state index is 11.9. The van der Waals surface area contributed by atoms with Crippen molar-refractivity contribution in [3.8, 4) is 0 Å². The van der Waals surface area contributed by atoms with Crippen LogP contribution in [0.15, 0.2) is 0 Å². The smallest absolute Gasteiger partial charge is 0.326 e. The van der Waals surface area contributed by atoms with Gasteiger partial charge in [-0.25, -0.2) is 9.59 Å². The minimum absolute atomic E-state index is 0.00794. The summed E-state index contributed by atoms with van der Waals surface area (Å²) in [6.45, 7) is -0.115. The Bertz CT molecular complexity index is 355. The van der Waals surface area contributed by atoms with Gasteiger partial charge in [0.25, 0.3) is 0 Å². The summed E-state index contributed by atoms with van der Waals surface area (Å²) in [4.78, 5) is 34.7. The molecule has 8 heteroatoms. The average Bonchev–Trinajstić information content (AvgIpc) is 2.24. The largest absolute Gasteiger partial charge is 0.481 e. The van der Waals surface area contributed by atoms with Gasteiger partial charge in [-0.1, -0.05) is 0 Å². The van der Waals surface area contributed by atoms with Gasteiger partial charge in [-0.05, 0) is 19.3 Å². The number of hydrogen-bond acceptors (Lipinski definition) is 4. The molecule has 1 saturated carbocycles. The molecule has 0 bridgehead atoms. The van der Waals surface area contributed by atoms with E-state index in [0.717, 1.165) is 19.3 Å². The third-order valence-electron chi connectivity index (χ3n) is 3.09. The third kappa shape index (κ3) is 4.40. The van der Waals surface area contributed by atoms with Crippen LogP contribution in [-0.4, -0.2) is 63.4 Å². The first kappa shape index (κ1) is 15.2. The summed E-state index contributed by atoms with van der Waals surface area (Å²) in [7, 11) is 0. The van der Waals surface area contributed by atoms with Gasteiger partial charge in [0.1, 0.15) is 6.04 Å². The lowest BCUT2D eigenvalue weighted by molar-refractivity contribution is -0.145. The fraction of sp³-hybridized carbons (Fsp3) is 0.727. The van der Waals surface area contributed by atoms with Crippen molar-refractivity contribution in [3.05, 3.63) is 0 Å². The number of rotatable bonds is 7. The van der Waals surface area contributed by atoms with Gasteiger partial charge in [0.05, 0.1) is 13.0 Å². The van der Waals surface area contributed by atoms with Crippen molar-refractivity contribution < 1.29 is 29.7 Å². The van der Waals surface area contributed by atoms with Gasteiger partial charge < -0.3 is 25.5 Å². The summed E-state index contributed by atoms with van der Waals surface area (Å²) >= 11 is 0. The van der Waals surface area contributed by atoms with E-state index in [1.807, 2.05) is 0 Å². The molecule has 19 heavy (non-hydrogen) atoms. The maximum absolute atomic E-state index is 11.9. The van der Waals surface area contributed by atoms with Gasteiger partial charge in [-0.2, -0.15) is 0 Å². The van der Waals surface area contributed by atoms with Gasteiger partial charge in [0.2, 0.25) is 0 Å². The zero-order chi connectivity index (χ0) is 14.4. The quantitative estimate of drug-likeness (QED) is 0.494. The second kappa shape index (κ2) is 6.93. The van der Waals surface area contributed by atoms with E-state index in [0.29, 0.717) is 0 Å². The summed E-state index contributed by atoms with van der Waals surface area (Å²) < 4.78 is 0. The monoisotopic (exact) mass is 274 g/mol. The number of aliphatic hydroxyl groups is 1. The normalized spacial score (nSPS) is 16.3. The number of carbonyl (C=O) groups excluding carboxylic acids is 1. The molecule has 1 fully saturated rings. The number of amides is 2. The Balaban J connectivity index is 2.61. The number of nitrogens with one attached hydrogen (secondary N) is 1. The lowest BCUT2D eigenvalue weighted by Crippen LogP contribution is -2.54. The molecule has 0 aromatic heterocycles. The first-order valence-electron chi connectivity index (χ1n) is 6.08. The first-order chi connectivity index (χ1) is 8.95. The van der Waals surface area contributed by atoms with E-state index >= 15 is 0 Å². The Hall–Kier alpha value is -1.83. The Morgan fingerprint density at radius 1 is 1.26 bits per heavy atom. The Morgan fingerprint density at radius 3 is 2.26 bits per heavy atom. The van der Waals surface area contributed by atoms with Gasteiger partial charge in [-0.3, -0.25) is 4.79 Å². The molecular formula is C11H18N2O6. The lowest BCUT2D eigenvalue weighted by Gasteiger charge is -2.37. The molecule has 0 unspecified atom stereocenters. The van der Waals surface area contributed by atoms with Crippen LogP contribution in [0.4, 0.5) is 4.79 Å². The van der Waals surface area contributed by atoms with Crippen LogP contribution in [0.5, 0.6) is 0 Å². The fourth-order valence-electron chi connectivity index (χ4n) is 1.86. The molecular weight excluding hydrogens is 256 g/mol. The van der Waals surface area contributed by atoms with Crippen molar-refractivity contribution in [1.82, 2.24) is 10.2 Å². The van der Waals surface area contributed by atoms with Crippen LogP contribution < -0.4 is 5.32 Å². The highest BCUT2D eigenvalue weighted by Gasteiger charge is 2.31. The fourth-order valence-corrected chi connectivity index (χ4v) is 1.86. The van der Waals surface area contributed by atoms with E-state index in [1.54, 1.807) is 0 Å². The highest BCUT2D eigenvalue weighted by molar-refractivity contribution is 5.86. The van der Waals surface area contributed by atoms with Gasteiger partial charge in [-0.15, -0.1) is 0 Å². The minimum Gasteiger partial charge on any atom is -0.481 e. The standard InChI is InChI=1S/C11H18N2O6/c14-5-4-13(7-2-1-3-7)11(19)12-8(10(17)18)6-9(15)16/h7-8,14H,1-6H2,(H,12,19)(H,15,16)(H,17,18)/t8-/m0/s1. The number of aliphatic carboxylic acids is 2. The molecule has 1 aliphatic carbocycles. The number of urea groups is 1. The van der Waals surface area contributed by atoms with Crippen LogP contribution in [0.2, 0.25) is 0 Å². The predicted octanol–water partition coefficient (Wildman–Crippen LogP) is -0.529. The summed E-state index contributed by atoms with van der Waals surface area (Å²) in [5.74, 6) is -2.70.